The van der Waals surface area contributed by atoms with Crippen LogP contribution in [0, 0.1) is 23.5 Å². The van der Waals surface area contributed by atoms with Crippen molar-refractivity contribution >= 4 is 12.0 Å². The summed E-state index contributed by atoms with van der Waals surface area (Å²) in [6.45, 7) is 4.40. The number of piperidine rings is 1. The maximum Gasteiger partial charge on any atom is 0.317 e. The lowest BCUT2D eigenvalue weighted by molar-refractivity contribution is -0.143. The first-order valence-corrected chi connectivity index (χ1v) is 8.55. The van der Waals surface area contributed by atoms with Gasteiger partial charge in [-0.1, -0.05) is 26.3 Å². The van der Waals surface area contributed by atoms with Gasteiger partial charge in [-0.05, 0) is 24.8 Å². The number of carbonyl (C=O) groups is 2. The van der Waals surface area contributed by atoms with Crippen LogP contribution in [-0.2, 0) is 4.79 Å². The number of nitrogens with one attached hydrogen (secondary N) is 1. The van der Waals surface area contributed by atoms with E-state index in [9.17, 15) is 23.5 Å². The molecule has 138 valence electrons. The lowest BCUT2D eigenvalue weighted by Gasteiger charge is -2.35. The predicted molar refractivity (Wildman–Crippen MR) is 89.0 cm³/mol. The number of likely N-dealkylation sites (tertiary alicyclic amines) is 1. The Labute approximate surface area is 146 Å². The van der Waals surface area contributed by atoms with Crippen molar-refractivity contribution in [3.05, 3.63) is 35.4 Å². The normalized spacial score (nSPS) is 21.7. The number of urea groups is 1. The summed E-state index contributed by atoms with van der Waals surface area (Å²) in [5, 5.41) is 12.0. The molecule has 5 nitrogen and oxygen atoms in total. The van der Waals surface area contributed by atoms with E-state index in [1.807, 2.05) is 13.8 Å². The van der Waals surface area contributed by atoms with E-state index >= 15 is 0 Å². The number of hydrogen-bond acceptors (Lipinski definition) is 2. The Morgan fingerprint density at radius 2 is 2.08 bits per heavy atom. The van der Waals surface area contributed by atoms with E-state index < -0.39 is 35.6 Å². The largest absolute Gasteiger partial charge is 0.481 e. The molecule has 1 aliphatic rings. The summed E-state index contributed by atoms with van der Waals surface area (Å²) in [5.74, 6) is -2.81. The molecular formula is C18H24F2N2O3. The van der Waals surface area contributed by atoms with Gasteiger partial charge in [0, 0.05) is 24.7 Å². The number of hydrogen-bond donors (Lipinski definition) is 2. The molecule has 25 heavy (non-hydrogen) atoms. The van der Waals surface area contributed by atoms with Crippen LogP contribution in [0.15, 0.2) is 18.2 Å². The first kappa shape index (κ1) is 19.1. The average molecular weight is 354 g/mol. The van der Waals surface area contributed by atoms with Crippen molar-refractivity contribution in [2.24, 2.45) is 11.8 Å². The smallest absolute Gasteiger partial charge is 0.317 e. The maximum absolute atomic E-state index is 14.1. The summed E-state index contributed by atoms with van der Waals surface area (Å²) in [6.07, 6.45) is 1.74. The second kappa shape index (κ2) is 8.27. The molecule has 1 aliphatic heterocycles. The Hall–Kier alpha value is -2.18. The van der Waals surface area contributed by atoms with Crippen molar-refractivity contribution in [2.75, 3.05) is 13.1 Å². The molecule has 1 saturated heterocycles. The fraction of sp³-hybridized carbons (Fsp3) is 0.556. The minimum atomic E-state index is -0.918. The standard InChI is InChI=1S/C18H24F2N2O3/c1-3-4-16(14-6-5-13(19)8-15(14)20)21-18(25)22-9-11(2)7-12(10-22)17(23)24/h5-6,8,11-12,16H,3-4,7,9-10H2,1-2H3,(H,21,25)(H,23,24). The highest BCUT2D eigenvalue weighted by atomic mass is 19.1. The van der Waals surface area contributed by atoms with Gasteiger partial charge in [0.15, 0.2) is 0 Å². The minimum absolute atomic E-state index is 0.0767. The van der Waals surface area contributed by atoms with Crippen LogP contribution in [0.25, 0.3) is 0 Å². The van der Waals surface area contributed by atoms with Crippen LogP contribution in [0.1, 0.15) is 44.7 Å². The molecule has 0 bridgehead atoms. The van der Waals surface area contributed by atoms with Crippen LogP contribution < -0.4 is 5.32 Å². The van der Waals surface area contributed by atoms with Crippen LogP contribution in [0.2, 0.25) is 0 Å². The number of nitrogens with zero attached hydrogens (tertiary/aromatic N) is 1. The molecule has 3 unspecified atom stereocenters. The van der Waals surface area contributed by atoms with Crippen LogP contribution in [-0.4, -0.2) is 35.1 Å². The molecule has 1 aromatic carbocycles. The van der Waals surface area contributed by atoms with Crippen LogP contribution in [0.5, 0.6) is 0 Å². The second-order valence-electron chi connectivity index (χ2n) is 6.74. The molecule has 0 radical (unpaired) electrons. The van der Waals surface area contributed by atoms with Gasteiger partial charge in [0.1, 0.15) is 11.6 Å². The Bertz CT molecular complexity index is 639. The zero-order valence-electron chi connectivity index (χ0n) is 14.5. The topological polar surface area (TPSA) is 69.6 Å². The van der Waals surface area contributed by atoms with E-state index in [-0.39, 0.29) is 18.0 Å². The summed E-state index contributed by atoms with van der Waals surface area (Å²) in [4.78, 5) is 25.3. The van der Waals surface area contributed by atoms with Gasteiger partial charge in [0.25, 0.3) is 0 Å². The van der Waals surface area contributed by atoms with Crippen molar-refractivity contribution in [3.63, 3.8) is 0 Å². The molecule has 1 fully saturated rings. The number of carbonyl (C=O) groups excluding carboxylic acids is 1. The summed E-state index contributed by atoms with van der Waals surface area (Å²) in [6, 6.07) is 2.30. The van der Waals surface area contributed by atoms with Gasteiger partial charge in [-0.15, -0.1) is 0 Å². The first-order chi connectivity index (χ1) is 11.8. The number of aliphatic carboxylic acids is 1. The van der Waals surface area contributed by atoms with Gasteiger partial charge in [-0.2, -0.15) is 0 Å². The summed E-state index contributed by atoms with van der Waals surface area (Å²) in [7, 11) is 0. The molecule has 0 aromatic heterocycles. The molecule has 0 spiro atoms. The van der Waals surface area contributed by atoms with Crippen LogP contribution >= 0.6 is 0 Å². The van der Waals surface area contributed by atoms with E-state index in [0.29, 0.717) is 25.8 Å². The lowest BCUT2D eigenvalue weighted by Crippen LogP contribution is -2.50. The summed E-state index contributed by atoms with van der Waals surface area (Å²) < 4.78 is 27.2. The second-order valence-corrected chi connectivity index (χ2v) is 6.74. The monoisotopic (exact) mass is 354 g/mol. The van der Waals surface area contributed by atoms with Crippen molar-refractivity contribution in [3.8, 4) is 0 Å². The van der Waals surface area contributed by atoms with Gasteiger partial charge < -0.3 is 15.3 Å². The molecule has 3 atom stereocenters. The van der Waals surface area contributed by atoms with Crippen molar-refractivity contribution in [1.29, 1.82) is 0 Å². The fourth-order valence-corrected chi connectivity index (χ4v) is 3.31. The van der Waals surface area contributed by atoms with E-state index in [1.165, 1.54) is 11.0 Å². The first-order valence-electron chi connectivity index (χ1n) is 8.55. The molecule has 1 aromatic rings. The molecule has 2 N–H and O–H groups in total. The van der Waals surface area contributed by atoms with Crippen molar-refractivity contribution < 1.29 is 23.5 Å². The summed E-state index contributed by atoms with van der Waals surface area (Å²) in [5.41, 5.74) is 0.233. The molecule has 2 amide bonds. The lowest BCUT2D eigenvalue weighted by atomic mass is 9.90. The van der Waals surface area contributed by atoms with Crippen LogP contribution in [0.4, 0.5) is 13.6 Å². The Balaban J connectivity index is 2.13. The highest BCUT2D eigenvalue weighted by Gasteiger charge is 2.32. The van der Waals surface area contributed by atoms with Gasteiger partial charge in [-0.25, -0.2) is 13.6 Å². The molecule has 7 heteroatoms. The van der Waals surface area contributed by atoms with Crippen molar-refractivity contribution in [1.82, 2.24) is 10.2 Å². The highest BCUT2D eigenvalue weighted by molar-refractivity contribution is 5.77. The quantitative estimate of drug-likeness (QED) is 0.849. The molecule has 0 aliphatic carbocycles. The molecule has 0 saturated carbocycles. The zero-order valence-corrected chi connectivity index (χ0v) is 14.5. The van der Waals surface area contributed by atoms with Gasteiger partial charge >= 0.3 is 12.0 Å². The number of benzene rings is 1. The fourth-order valence-electron chi connectivity index (χ4n) is 3.31. The zero-order chi connectivity index (χ0) is 18.6. The maximum atomic E-state index is 14.1. The predicted octanol–water partition coefficient (Wildman–Crippen LogP) is 3.56. The van der Waals surface area contributed by atoms with E-state index in [2.05, 4.69) is 5.32 Å². The Morgan fingerprint density at radius 1 is 1.36 bits per heavy atom. The molecule has 2 rings (SSSR count). The molecular weight excluding hydrogens is 330 g/mol. The van der Waals surface area contributed by atoms with Gasteiger partial charge in [0.2, 0.25) is 0 Å². The number of carboxylic acids is 1. The SMILES string of the molecule is CCCC(NC(=O)N1CC(C)CC(C(=O)O)C1)c1ccc(F)cc1F. The number of rotatable bonds is 5. The van der Waals surface area contributed by atoms with Crippen LogP contribution in [0.3, 0.4) is 0 Å². The van der Waals surface area contributed by atoms with Gasteiger partial charge in [-0.3, -0.25) is 4.79 Å². The third-order valence-corrected chi connectivity index (χ3v) is 4.51. The average Bonchev–Trinajstić information content (AvgIpc) is 2.53. The van der Waals surface area contributed by atoms with Gasteiger partial charge in [0.05, 0.1) is 12.0 Å². The molecule has 1 heterocycles. The van der Waals surface area contributed by atoms with Crippen molar-refractivity contribution in [2.45, 2.75) is 39.2 Å². The Kier molecular flexibility index (Phi) is 6.33. The minimum Gasteiger partial charge on any atom is -0.481 e. The number of halogens is 2. The summed E-state index contributed by atoms with van der Waals surface area (Å²) >= 11 is 0. The van der Waals surface area contributed by atoms with E-state index in [1.54, 1.807) is 0 Å². The van der Waals surface area contributed by atoms with E-state index in [4.69, 9.17) is 0 Å². The Morgan fingerprint density at radius 3 is 2.68 bits per heavy atom. The number of amides is 2. The third kappa shape index (κ3) is 4.90. The highest BCUT2D eigenvalue weighted by Crippen LogP contribution is 2.25. The number of carboxylic acid groups (broad SMARTS) is 1. The van der Waals surface area contributed by atoms with E-state index in [0.717, 1.165) is 12.1 Å². The third-order valence-electron chi connectivity index (χ3n) is 4.51.